The van der Waals surface area contributed by atoms with Crippen LogP contribution in [0.5, 0.6) is 0 Å². The molecule has 0 saturated heterocycles. The third kappa shape index (κ3) is 3.74. The first-order chi connectivity index (χ1) is 5.93. The zero-order chi connectivity index (χ0) is 8.65. The Balaban J connectivity index is 2.16. The van der Waals surface area contributed by atoms with E-state index in [1.807, 2.05) is 12.3 Å². The average molecular weight is 183 g/mol. The van der Waals surface area contributed by atoms with Crippen molar-refractivity contribution >= 4 is 11.8 Å². The van der Waals surface area contributed by atoms with Crippen LogP contribution in [0.15, 0.2) is 24.5 Å². The minimum atomic E-state index is 0.276. The summed E-state index contributed by atoms with van der Waals surface area (Å²) in [6.07, 6.45) is 4.71. The van der Waals surface area contributed by atoms with Crippen molar-refractivity contribution in [2.45, 2.75) is 6.42 Å². The minimum absolute atomic E-state index is 0.276. The molecule has 0 radical (unpaired) electrons. The van der Waals surface area contributed by atoms with Crippen LogP contribution in [-0.4, -0.2) is 28.2 Å². The van der Waals surface area contributed by atoms with Crippen LogP contribution in [0.2, 0.25) is 0 Å². The average Bonchev–Trinajstić information content (AvgIpc) is 2.14. The first kappa shape index (κ1) is 9.55. The maximum Gasteiger partial charge on any atom is 0.0521 e. The molecule has 1 heterocycles. The summed E-state index contributed by atoms with van der Waals surface area (Å²) in [6, 6.07) is 4.03. The lowest BCUT2D eigenvalue weighted by molar-refractivity contribution is 0.322. The van der Waals surface area contributed by atoms with Gasteiger partial charge in [-0.3, -0.25) is 4.98 Å². The summed E-state index contributed by atoms with van der Waals surface area (Å²) in [5.74, 6) is 1.90. The second kappa shape index (κ2) is 6.03. The standard InChI is InChI=1S/C9H13NOS/c11-5-7-12-6-3-9-2-1-4-10-8-9/h1-2,4,8,11H,3,5-7H2. The molecule has 1 rings (SSSR count). The van der Waals surface area contributed by atoms with E-state index >= 15 is 0 Å². The van der Waals surface area contributed by atoms with Gasteiger partial charge in [-0.25, -0.2) is 0 Å². The Bertz CT molecular complexity index is 203. The van der Waals surface area contributed by atoms with E-state index in [9.17, 15) is 0 Å². The van der Waals surface area contributed by atoms with Gasteiger partial charge in [0.1, 0.15) is 0 Å². The summed E-state index contributed by atoms with van der Waals surface area (Å²) in [5.41, 5.74) is 1.27. The molecule has 0 atom stereocenters. The molecule has 1 aromatic rings. The van der Waals surface area contributed by atoms with Crippen molar-refractivity contribution in [2.24, 2.45) is 0 Å². The Kier molecular flexibility index (Phi) is 4.80. The number of aliphatic hydroxyl groups is 1. The molecule has 1 aromatic heterocycles. The quantitative estimate of drug-likeness (QED) is 0.699. The largest absolute Gasteiger partial charge is 0.396 e. The first-order valence-electron chi connectivity index (χ1n) is 4.01. The highest BCUT2D eigenvalue weighted by Crippen LogP contribution is 2.04. The Labute approximate surface area is 77.0 Å². The fraction of sp³-hybridized carbons (Fsp3) is 0.444. The second-order valence-corrected chi connectivity index (χ2v) is 3.67. The van der Waals surface area contributed by atoms with Crippen LogP contribution in [-0.2, 0) is 6.42 Å². The number of aryl methyl sites for hydroxylation is 1. The molecule has 0 bridgehead atoms. The molecule has 0 aromatic carbocycles. The number of nitrogens with zero attached hydrogens (tertiary/aromatic N) is 1. The fourth-order valence-electron chi connectivity index (χ4n) is 0.903. The van der Waals surface area contributed by atoms with Crippen LogP contribution < -0.4 is 0 Å². The van der Waals surface area contributed by atoms with Crippen LogP contribution in [0.1, 0.15) is 5.56 Å². The molecule has 0 aliphatic rings. The lowest BCUT2D eigenvalue weighted by atomic mass is 10.2. The molecule has 2 nitrogen and oxygen atoms in total. The third-order valence-corrected chi connectivity index (χ3v) is 2.46. The Morgan fingerprint density at radius 1 is 1.42 bits per heavy atom. The predicted molar refractivity (Wildman–Crippen MR) is 52.4 cm³/mol. The van der Waals surface area contributed by atoms with E-state index in [1.54, 1.807) is 18.0 Å². The van der Waals surface area contributed by atoms with Crippen molar-refractivity contribution in [2.75, 3.05) is 18.1 Å². The predicted octanol–water partition coefficient (Wildman–Crippen LogP) is 1.35. The maximum absolute atomic E-state index is 8.53. The summed E-state index contributed by atoms with van der Waals surface area (Å²) < 4.78 is 0. The van der Waals surface area contributed by atoms with E-state index < -0.39 is 0 Å². The zero-order valence-electron chi connectivity index (χ0n) is 6.94. The molecule has 0 aliphatic carbocycles. The molecule has 0 unspecified atom stereocenters. The van der Waals surface area contributed by atoms with Crippen molar-refractivity contribution < 1.29 is 5.11 Å². The van der Waals surface area contributed by atoms with Gasteiger partial charge in [0.2, 0.25) is 0 Å². The highest BCUT2D eigenvalue weighted by molar-refractivity contribution is 7.99. The van der Waals surface area contributed by atoms with Crippen molar-refractivity contribution in [3.8, 4) is 0 Å². The van der Waals surface area contributed by atoms with Crippen molar-refractivity contribution in [1.29, 1.82) is 0 Å². The topological polar surface area (TPSA) is 33.1 Å². The molecule has 0 spiro atoms. The Hall–Kier alpha value is -0.540. The number of aromatic nitrogens is 1. The van der Waals surface area contributed by atoms with Gasteiger partial charge in [0.25, 0.3) is 0 Å². The van der Waals surface area contributed by atoms with Gasteiger partial charge in [0, 0.05) is 18.1 Å². The van der Waals surface area contributed by atoms with Crippen molar-refractivity contribution in [3.05, 3.63) is 30.1 Å². The van der Waals surface area contributed by atoms with E-state index in [0.717, 1.165) is 17.9 Å². The van der Waals surface area contributed by atoms with Gasteiger partial charge in [-0.2, -0.15) is 11.8 Å². The van der Waals surface area contributed by atoms with E-state index in [0.29, 0.717) is 0 Å². The molecule has 66 valence electrons. The summed E-state index contributed by atoms with van der Waals surface area (Å²) in [5, 5.41) is 8.53. The van der Waals surface area contributed by atoms with Crippen LogP contribution in [0.25, 0.3) is 0 Å². The SMILES string of the molecule is OCCSCCc1cccnc1. The van der Waals surface area contributed by atoms with Gasteiger partial charge in [0.05, 0.1) is 6.61 Å². The van der Waals surface area contributed by atoms with Gasteiger partial charge in [-0.1, -0.05) is 6.07 Å². The first-order valence-corrected chi connectivity index (χ1v) is 5.16. The summed E-state index contributed by atoms with van der Waals surface area (Å²) >= 11 is 1.77. The van der Waals surface area contributed by atoms with E-state index in [4.69, 9.17) is 5.11 Å². The van der Waals surface area contributed by atoms with Gasteiger partial charge in [-0.15, -0.1) is 0 Å². The van der Waals surface area contributed by atoms with Crippen molar-refractivity contribution in [1.82, 2.24) is 4.98 Å². The third-order valence-electron chi connectivity index (χ3n) is 1.49. The smallest absolute Gasteiger partial charge is 0.0521 e. The second-order valence-electron chi connectivity index (χ2n) is 2.45. The van der Waals surface area contributed by atoms with Gasteiger partial charge in [0.15, 0.2) is 0 Å². The number of hydrogen-bond acceptors (Lipinski definition) is 3. The Morgan fingerprint density at radius 3 is 3.00 bits per heavy atom. The number of hydrogen-bond donors (Lipinski definition) is 1. The monoisotopic (exact) mass is 183 g/mol. The van der Waals surface area contributed by atoms with Gasteiger partial charge < -0.3 is 5.11 Å². The molecule has 0 amide bonds. The highest BCUT2D eigenvalue weighted by atomic mass is 32.2. The number of rotatable bonds is 5. The number of aliphatic hydroxyl groups excluding tert-OH is 1. The van der Waals surface area contributed by atoms with Crippen LogP contribution in [0.3, 0.4) is 0 Å². The van der Waals surface area contributed by atoms with E-state index in [1.165, 1.54) is 5.56 Å². The Morgan fingerprint density at radius 2 is 2.33 bits per heavy atom. The lowest BCUT2D eigenvalue weighted by Crippen LogP contribution is -1.92. The molecule has 0 saturated carbocycles. The summed E-state index contributed by atoms with van der Waals surface area (Å²) in [6.45, 7) is 0.276. The van der Waals surface area contributed by atoms with E-state index in [-0.39, 0.29) is 6.61 Å². The molecular formula is C9H13NOS. The minimum Gasteiger partial charge on any atom is -0.396 e. The number of thioether (sulfide) groups is 1. The van der Waals surface area contributed by atoms with Crippen molar-refractivity contribution in [3.63, 3.8) is 0 Å². The van der Waals surface area contributed by atoms with Crippen LogP contribution in [0, 0.1) is 0 Å². The molecule has 0 aliphatic heterocycles. The molecular weight excluding hydrogens is 170 g/mol. The molecule has 0 fully saturated rings. The molecule has 12 heavy (non-hydrogen) atoms. The normalized spacial score (nSPS) is 10.1. The fourth-order valence-corrected chi connectivity index (χ4v) is 1.62. The van der Waals surface area contributed by atoms with Gasteiger partial charge in [-0.05, 0) is 23.8 Å². The summed E-state index contributed by atoms with van der Waals surface area (Å²) in [4.78, 5) is 4.02. The summed E-state index contributed by atoms with van der Waals surface area (Å²) in [7, 11) is 0. The van der Waals surface area contributed by atoms with Crippen LogP contribution in [0.4, 0.5) is 0 Å². The van der Waals surface area contributed by atoms with Gasteiger partial charge >= 0.3 is 0 Å². The maximum atomic E-state index is 8.53. The lowest BCUT2D eigenvalue weighted by Gasteiger charge is -1.98. The molecule has 3 heteroatoms. The zero-order valence-corrected chi connectivity index (χ0v) is 7.76. The molecule has 1 N–H and O–H groups in total. The van der Waals surface area contributed by atoms with E-state index in [2.05, 4.69) is 11.1 Å². The van der Waals surface area contributed by atoms with Crippen LogP contribution >= 0.6 is 11.8 Å². The highest BCUT2D eigenvalue weighted by Gasteiger charge is 1.91. The number of pyridine rings is 1.